The van der Waals surface area contributed by atoms with Crippen LogP contribution in [0.15, 0.2) is 6.07 Å². The van der Waals surface area contributed by atoms with E-state index in [4.69, 9.17) is 9.47 Å². The van der Waals surface area contributed by atoms with Gasteiger partial charge in [0.1, 0.15) is 32.0 Å². The lowest BCUT2D eigenvalue weighted by Crippen LogP contribution is -3.14. The van der Waals surface area contributed by atoms with Crippen LogP contribution in [0, 0.1) is 25.7 Å². The molecule has 2 atom stereocenters. The SMILES string of the molecule is Cc1cc(OCC[NH+]2CCOCC2)c(C)c2c1CC[C@@H]([C@H](C)C(=O)N1CCSCC1)C2. The second-order valence-corrected chi connectivity index (χ2v) is 10.7. The molecule has 1 N–H and O–H groups in total. The fourth-order valence-corrected chi connectivity index (χ4v) is 6.29. The second-order valence-electron chi connectivity index (χ2n) is 9.46. The van der Waals surface area contributed by atoms with Gasteiger partial charge in [0.25, 0.3) is 0 Å². The van der Waals surface area contributed by atoms with Crippen LogP contribution in [0.1, 0.15) is 35.6 Å². The molecule has 0 aromatic heterocycles. The molecule has 1 amide bonds. The lowest BCUT2D eigenvalue weighted by atomic mass is 9.74. The lowest BCUT2D eigenvalue weighted by Gasteiger charge is -2.35. The van der Waals surface area contributed by atoms with Gasteiger partial charge in [0, 0.05) is 30.5 Å². The zero-order valence-corrected chi connectivity index (χ0v) is 20.3. The molecule has 0 saturated carbocycles. The van der Waals surface area contributed by atoms with Crippen molar-refractivity contribution in [3.05, 3.63) is 28.3 Å². The van der Waals surface area contributed by atoms with E-state index in [1.165, 1.54) is 22.3 Å². The third-order valence-corrected chi connectivity index (χ3v) is 8.52. The molecule has 1 aromatic carbocycles. The van der Waals surface area contributed by atoms with Crippen LogP contribution in [0.4, 0.5) is 0 Å². The largest absolute Gasteiger partial charge is 0.487 e. The molecule has 1 aromatic rings. The van der Waals surface area contributed by atoms with Gasteiger partial charge in [-0.3, -0.25) is 4.79 Å². The van der Waals surface area contributed by atoms with Gasteiger partial charge in [0.2, 0.25) is 5.91 Å². The van der Waals surface area contributed by atoms with E-state index in [1.54, 1.807) is 4.90 Å². The van der Waals surface area contributed by atoms with E-state index in [9.17, 15) is 4.79 Å². The molecule has 2 saturated heterocycles. The normalized spacial score (nSPS) is 23.3. The van der Waals surface area contributed by atoms with Crippen molar-refractivity contribution in [3.8, 4) is 5.75 Å². The number of benzene rings is 1. The molecule has 1 aliphatic carbocycles. The first-order valence-corrected chi connectivity index (χ1v) is 13.2. The van der Waals surface area contributed by atoms with Crippen LogP contribution in [0.2, 0.25) is 0 Å². The number of morpholine rings is 1. The van der Waals surface area contributed by atoms with E-state index in [0.717, 1.165) is 89.1 Å². The van der Waals surface area contributed by atoms with Crippen LogP contribution < -0.4 is 9.64 Å². The Morgan fingerprint density at radius 1 is 1.26 bits per heavy atom. The molecule has 0 bridgehead atoms. The summed E-state index contributed by atoms with van der Waals surface area (Å²) in [6, 6.07) is 2.24. The Morgan fingerprint density at radius 3 is 2.74 bits per heavy atom. The van der Waals surface area contributed by atoms with Crippen molar-refractivity contribution in [1.82, 2.24) is 4.90 Å². The number of nitrogens with one attached hydrogen (secondary N) is 1. The van der Waals surface area contributed by atoms with Crippen LogP contribution in [0.3, 0.4) is 0 Å². The molecule has 6 heteroatoms. The van der Waals surface area contributed by atoms with Crippen molar-refractivity contribution in [3.63, 3.8) is 0 Å². The highest BCUT2D eigenvalue weighted by Gasteiger charge is 2.33. The van der Waals surface area contributed by atoms with Gasteiger partial charge in [0.05, 0.1) is 13.2 Å². The Labute approximate surface area is 191 Å². The van der Waals surface area contributed by atoms with E-state index in [1.807, 2.05) is 11.8 Å². The highest BCUT2D eigenvalue weighted by molar-refractivity contribution is 7.99. The van der Waals surface area contributed by atoms with Crippen LogP contribution in [0.5, 0.6) is 5.75 Å². The number of amides is 1. The number of ether oxygens (including phenoxy) is 2. The number of carbonyl (C=O) groups excluding carboxylic acids is 1. The van der Waals surface area contributed by atoms with Crippen molar-refractivity contribution in [1.29, 1.82) is 0 Å². The number of nitrogens with zero attached hydrogens (tertiary/aromatic N) is 1. The predicted molar refractivity (Wildman–Crippen MR) is 126 cm³/mol. The Balaban J connectivity index is 1.41. The van der Waals surface area contributed by atoms with Crippen molar-refractivity contribution in [2.45, 2.75) is 40.0 Å². The molecule has 5 nitrogen and oxygen atoms in total. The summed E-state index contributed by atoms with van der Waals surface area (Å²) in [6.07, 6.45) is 3.20. The first kappa shape index (κ1) is 22.9. The minimum absolute atomic E-state index is 0.102. The van der Waals surface area contributed by atoms with Gasteiger partial charge in [-0.1, -0.05) is 6.92 Å². The average molecular weight is 448 g/mol. The number of fused-ring (bicyclic) bond motifs is 1. The van der Waals surface area contributed by atoms with E-state index in [0.29, 0.717) is 11.8 Å². The molecule has 172 valence electrons. The number of carbonyl (C=O) groups is 1. The highest BCUT2D eigenvalue weighted by atomic mass is 32.2. The molecule has 0 radical (unpaired) electrons. The van der Waals surface area contributed by atoms with Gasteiger partial charge < -0.3 is 19.3 Å². The molecule has 2 aliphatic heterocycles. The van der Waals surface area contributed by atoms with Crippen LogP contribution in [-0.2, 0) is 22.4 Å². The van der Waals surface area contributed by atoms with E-state index in [-0.39, 0.29) is 5.92 Å². The molecule has 3 aliphatic rings. The number of rotatable bonds is 6. The summed E-state index contributed by atoms with van der Waals surface area (Å²) in [5, 5.41) is 0. The maximum atomic E-state index is 13.1. The molecular formula is C25H39N2O3S+. The zero-order chi connectivity index (χ0) is 21.8. The van der Waals surface area contributed by atoms with E-state index >= 15 is 0 Å². The quantitative estimate of drug-likeness (QED) is 0.724. The fourth-order valence-electron chi connectivity index (χ4n) is 5.39. The van der Waals surface area contributed by atoms with Gasteiger partial charge in [0.15, 0.2) is 0 Å². The van der Waals surface area contributed by atoms with Gasteiger partial charge in [-0.25, -0.2) is 0 Å². The Bertz CT molecular complexity index is 773. The maximum Gasteiger partial charge on any atom is 0.225 e. The monoisotopic (exact) mass is 447 g/mol. The third-order valence-electron chi connectivity index (χ3n) is 7.57. The highest BCUT2D eigenvalue weighted by Crippen LogP contribution is 2.38. The number of thioether (sulfide) groups is 1. The van der Waals surface area contributed by atoms with Gasteiger partial charge in [-0.2, -0.15) is 11.8 Å². The van der Waals surface area contributed by atoms with Crippen LogP contribution >= 0.6 is 11.8 Å². The minimum Gasteiger partial charge on any atom is -0.487 e. The smallest absolute Gasteiger partial charge is 0.225 e. The Hall–Kier alpha value is -1.24. The first-order chi connectivity index (χ1) is 15.0. The van der Waals surface area contributed by atoms with Crippen molar-refractivity contribution < 1.29 is 19.2 Å². The summed E-state index contributed by atoms with van der Waals surface area (Å²) in [5.41, 5.74) is 5.57. The third kappa shape index (κ3) is 5.40. The molecule has 0 unspecified atom stereocenters. The summed E-state index contributed by atoms with van der Waals surface area (Å²) in [6.45, 7) is 14.1. The van der Waals surface area contributed by atoms with Crippen molar-refractivity contribution in [2.75, 3.05) is 64.1 Å². The first-order valence-electron chi connectivity index (χ1n) is 12.1. The zero-order valence-electron chi connectivity index (χ0n) is 19.5. The topological polar surface area (TPSA) is 43.2 Å². The summed E-state index contributed by atoms with van der Waals surface area (Å²) in [4.78, 5) is 16.8. The second kappa shape index (κ2) is 10.6. The lowest BCUT2D eigenvalue weighted by molar-refractivity contribution is -0.908. The van der Waals surface area contributed by atoms with Gasteiger partial charge in [-0.15, -0.1) is 0 Å². The molecule has 2 heterocycles. The Kier molecular flexibility index (Phi) is 7.83. The fraction of sp³-hybridized carbons (Fsp3) is 0.720. The molecule has 0 spiro atoms. The predicted octanol–water partition coefficient (Wildman–Crippen LogP) is 1.91. The maximum absolute atomic E-state index is 13.1. The molecule has 2 fully saturated rings. The van der Waals surface area contributed by atoms with Crippen LogP contribution in [-0.4, -0.2) is 74.9 Å². The summed E-state index contributed by atoms with van der Waals surface area (Å²) >= 11 is 1.96. The molecular weight excluding hydrogens is 408 g/mol. The van der Waals surface area contributed by atoms with E-state index < -0.39 is 0 Å². The number of hydrogen-bond donors (Lipinski definition) is 1. The summed E-state index contributed by atoms with van der Waals surface area (Å²) in [5.74, 6) is 4.10. The minimum atomic E-state index is 0.102. The number of hydrogen-bond acceptors (Lipinski definition) is 4. The van der Waals surface area contributed by atoms with Crippen molar-refractivity contribution >= 4 is 17.7 Å². The van der Waals surface area contributed by atoms with Gasteiger partial charge >= 0.3 is 0 Å². The number of aryl methyl sites for hydroxylation is 1. The number of quaternary nitrogens is 1. The molecule has 4 rings (SSSR count). The van der Waals surface area contributed by atoms with E-state index in [2.05, 4.69) is 31.7 Å². The summed E-state index contributed by atoms with van der Waals surface area (Å²) < 4.78 is 11.7. The standard InChI is InChI=1S/C25H38N2O3S/c1-18-16-24(30-13-8-26-6-11-29-12-7-26)20(3)23-17-21(4-5-22(18)23)19(2)25(28)27-9-14-31-15-10-27/h16,19,21H,4-15,17H2,1-3H3/p+1/t19-,21+/m0/s1. The van der Waals surface area contributed by atoms with Gasteiger partial charge in [-0.05, 0) is 67.3 Å². The molecule has 31 heavy (non-hydrogen) atoms. The summed E-state index contributed by atoms with van der Waals surface area (Å²) in [7, 11) is 0. The average Bonchev–Trinajstić information content (AvgIpc) is 2.82. The van der Waals surface area contributed by atoms with Crippen LogP contribution in [0.25, 0.3) is 0 Å². The van der Waals surface area contributed by atoms with Crippen molar-refractivity contribution in [2.24, 2.45) is 11.8 Å². The Morgan fingerprint density at radius 2 is 2.00 bits per heavy atom.